The lowest BCUT2D eigenvalue weighted by Crippen LogP contribution is -1.97. The van der Waals surface area contributed by atoms with Gasteiger partial charge in [-0.2, -0.15) is 0 Å². The summed E-state index contributed by atoms with van der Waals surface area (Å²) in [6.45, 7) is 7.00. The quantitative estimate of drug-likeness (QED) is 0.0734. The van der Waals surface area contributed by atoms with E-state index >= 15 is 0 Å². The summed E-state index contributed by atoms with van der Waals surface area (Å²) in [5, 5.41) is 0. The summed E-state index contributed by atoms with van der Waals surface area (Å²) in [5.41, 5.74) is 0. The van der Waals surface area contributed by atoms with Crippen LogP contribution in [0, 0.1) is 0 Å². The van der Waals surface area contributed by atoms with E-state index in [4.69, 9.17) is 0 Å². The van der Waals surface area contributed by atoms with E-state index in [-0.39, 0.29) is 0 Å². The van der Waals surface area contributed by atoms with Crippen molar-refractivity contribution in [2.45, 2.75) is 188 Å². The van der Waals surface area contributed by atoms with Crippen molar-refractivity contribution >= 4 is 7.92 Å². The molecule has 0 aromatic rings. The molecule has 0 aliphatic rings. The summed E-state index contributed by atoms with van der Waals surface area (Å²) >= 11 is 0. The summed E-state index contributed by atoms with van der Waals surface area (Å²) in [7, 11) is 0.358. The predicted octanol–water partition coefficient (Wildman–Crippen LogP) is 12.7. The molecule has 200 valence electrons. The lowest BCUT2D eigenvalue weighted by Gasteiger charge is -2.17. The number of unbranched alkanes of at least 4 members (excludes halogenated alkanes) is 23. The summed E-state index contributed by atoms with van der Waals surface area (Å²) in [4.78, 5) is 0. The normalized spacial score (nSPS) is 11.6. The molecule has 0 aromatic carbocycles. The second kappa shape index (κ2) is 30.5. The molecular formula is C32H67P. The molecule has 0 atom stereocenters. The van der Waals surface area contributed by atoms with Crippen molar-refractivity contribution in [3.63, 3.8) is 0 Å². The Morgan fingerprint density at radius 3 is 0.727 bits per heavy atom. The summed E-state index contributed by atoms with van der Waals surface area (Å²) < 4.78 is 0. The second-order valence-corrected chi connectivity index (χ2v) is 13.7. The molecule has 0 N–H and O–H groups in total. The molecule has 0 fully saturated rings. The average molecular weight is 483 g/mol. The van der Waals surface area contributed by atoms with Gasteiger partial charge in [-0.25, -0.2) is 0 Å². The smallest absolute Gasteiger partial charge is 0.0326 e. The minimum Gasteiger partial charge on any atom is -0.107 e. The molecule has 0 bridgehead atoms. The van der Waals surface area contributed by atoms with Crippen LogP contribution in [-0.2, 0) is 0 Å². The topological polar surface area (TPSA) is 0 Å². The third-order valence-electron chi connectivity index (χ3n) is 7.48. The van der Waals surface area contributed by atoms with Gasteiger partial charge in [0.15, 0.2) is 0 Å². The Morgan fingerprint density at radius 2 is 0.455 bits per heavy atom. The molecule has 0 amide bonds. The third-order valence-corrected chi connectivity index (χ3v) is 10.3. The summed E-state index contributed by atoms with van der Waals surface area (Å²) in [6, 6.07) is 0. The van der Waals surface area contributed by atoms with E-state index in [9.17, 15) is 0 Å². The van der Waals surface area contributed by atoms with Crippen LogP contribution in [0.25, 0.3) is 0 Å². The molecular weight excluding hydrogens is 415 g/mol. The predicted molar refractivity (Wildman–Crippen MR) is 159 cm³/mol. The Bertz CT molecular complexity index is 298. The first kappa shape index (κ1) is 33.4. The van der Waals surface area contributed by atoms with Gasteiger partial charge in [-0.1, -0.05) is 168 Å². The van der Waals surface area contributed by atoms with Crippen molar-refractivity contribution in [2.24, 2.45) is 0 Å². The molecule has 0 heterocycles. The van der Waals surface area contributed by atoms with Gasteiger partial charge in [-0.15, -0.1) is 7.92 Å². The zero-order valence-corrected chi connectivity index (χ0v) is 24.8. The van der Waals surface area contributed by atoms with Crippen molar-refractivity contribution in [2.75, 3.05) is 18.5 Å². The Kier molecular flexibility index (Phi) is 30.9. The minimum atomic E-state index is 0.358. The number of rotatable bonds is 29. The fourth-order valence-electron chi connectivity index (χ4n) is 5.07. The first-order valence-electron chi connectivity index (χ1n) is 16.1. The van der Waals surface area contributed by atoms with Gasteiger partial charge in [0.05, 0.1) is 0 Å². The molecule has 0 spiro atoms. The van der Waals surface area contributed by atoms with Crippen LogP contribution in [0.2, 0.25) is 0 Å². The van der Waals surface area contributed by atoms with Gasteiger partial charge in [0.25, 0.3) is 0 Å². The van der Waals surface area contributed by atoms with Gasteiger partial charge in [0.2, 0.25) is 0 Å². The molecule has 0 unspecified atom stereocenters. The van der Waals surface area contributed by atoms with Gasteiger partial charge < -0.3 is 0 Å². The summed E-state index contributed by atoms with van der Waals surface area (Å²) in [5.74, 6) is 0. The van der Waals surface area contributed by atoms with Gasteiger partial charge in [-0.3, -0.25) is 0 Å². The number of hydrogen-bond acceptors (Lipinski definition) is 0. The van der Waals surface area contributed by atoms with Crippen LogP contribution in [0.15, 0.2) is 0 Å². The van der Waals surface area contributed by atoms with Gasteiger partial charge in [0.1, 0.15) is 0 Å². The largest absolute Gasteiger partial charge is 0.107 e. The van der Waals surface area contributed by atoms with E-state index in [2.05, 4.69) is 20.8 Å². The van der Waals surface area contributed by atoms with Gasteiger partial charge in [0, 0.05) is 0 Å². The highest BCUT2D eigenvalue weighted by Gasteiger charge is 2.07. The first-order valence-corrected chi connectivity index (χ1v) is 18.0. The monoisotopic (exact) mass is 482 g/mol. The standard InChI is InChI=1S/C32H67P/c1-4-7-10-12-14-16-18-20-22-24-26-28-31-33(30-9-6-3)32-29-27-25-23-21-19-17-15-13-11-8-5-2/h4-32H2,1-3H3. The molecule has 0 radical (unpaired) electrons. The maximum atomic E-state index is 2.38. The van der Waals surface area contributed by atoms with Crippen LogP contribution in [0.3, 0.4) is 0 Å². The van der Waals surface area contributed by atoms with Crippen LogP contribution >= 0.6 is 7.92 Å². The van der Waals surface area contributed by atoms with Crippen LogP contribution in [0.5, 0.6) is 0 Å². The lowest BCUT2D eigenvalue weighted by atomic mass is 10.1. The molecule has 0 aromatic heterocycles. The highest BCUT2D eigenvalue weighted by molar-refractivity contribution is 7.57. The fourth-order valence-corrected chi connectivity index (χ4v) is 7.85. The Hall–Kier alpha value is 0.430. The van der Waals surface area contributed by atoms with Gasteiger partial charge in [-0.05, 0) is 37.7 Å². The summed E-state index contributed by atoms with van der Waals surface area (Å²) in [6.07, 6.45) is 43.2. The van der Waals surface area contributed by atoms with Crippen LogP contribution in [-0.4, -0.2) is 18.5 Å². The van der Waals surface area contributed by atoms with Crippen LogP contribution < -0.4 is 0 Å². The third kappa shape index (κ3) is 28.6. The van der Waals surface area contributed by atoms with E-state index in [1.807, 2.05) is 0 Å². The minimum absolute atomic E-state index is 0.358. The van der Waals surface area contributed by atoms with E-state index < -0.39 is 0 Å². The van der Waals surface area contributed by atoms with Crippen molar-refractivity contribution in [1.29, 1.82) is 0 Å². The molecule has 0 rings (SSSR count). The molecule has 0 nitrogen and oxygen atoms in total. The molecule has 0 aliphatic carbocycles. The maximum Gasteiger partial charge on any atom is -0.0326 e. The molecule has 1 heteroatoms. The lowest BCUT2D eigenvalue weighted by molar-refractivity contribution is 0.547. The maximum absolute atomic E-state index is 2.38. The van der Waals surface area contributed by atoms with E-state index in [1.165, 1.54) is 167 Å². The molecule has 0 aliphatic heterocycles. The number of hydrogen-bond donors (Lipinski definition) is 0. The fraction of sp³-hybridized carbons (Fsp3) is 1.00. The Labute approximate surface area is 214 Å². The SMILES string of the molecule is CCCCCCCCCCCCCCP(CCCC)CCCCCCCCCCCCCC. The molecule has 33 heavy (non-hydrogen) atoms. The van der Waals surface area contributed by atoms with E-state index in [0.29, 0.717) is 7.92 Å². The van der Waals surface area contributed by atoms with Crippen molar-refractivity contribution in [1.82, 2.24) is 0 Å². The van der Waals surface area contributed by atoms with E-state index in [1.54, 1.807) is 18.5 Å². The van der Waals surface area contributed by atoms with Crippen LogP contribution in [0.4, 0.5) is 0 Å². The zero-order chi connectivity index (χ0) is 24.1. The Morgan fingerprint density at radius 1 is 0.242 bits per heavy atom. The highest BCUT2D eigenvalue weighted by Crippen LogP contribution is 2.39. The van der Waals surface area contributed by atoms with Crippen molar-refractivity contribution in [3.8, 4) is 0 Å². The first-order chi connectivity index (χ1) is 16.3. The van der Waals surface area contributed by atoms with Crippen LogP contribution in [0.1, 0.15) is 188 Å². The Balaban J connectivity index is 3.49. The molecule has 0 saturated heterocycles. The van der Waals surface area contributed by atoms with E-state index in [0.717, 1.165) is 0 Å². The zero-order valence-electron chi connectivity index (χ0n) is 24.0. The van der Waals surface area contributed by atoms with Crippen molar-refractivity contribution < 1.29 is 0 Å². The highest BCUT2D eigenvalue weighted by atomic mass is 31.1. The molecule has 0 saturated carbocycles. The van der Waals surface area contributed by atoms with Crippen molar-refractivity contribution in [3.05, 3.63) is 0 Å². The average Bonchev–Trinajstić information content (AvgIpc) is 2.83. The van der Waals surface area contributed by atoms with Gasteiger partial charge >= 0.3 is 0 Å². The second-order valence-electron chi connectivity index (χ2n) is 11.0.